The van der Waals surface area contributed by atoms with E-state index in [9.17, 15) is 8.42 Å². The Bertz CT molecular complexity index is 604. The number of sulfonamides is 1. The Labute approximate surface area is 132 Å². The lowest BCUT2D eigenvalue weighted by Gasteiger charge is -2.38. The summed E-state index contributed by atoms with van der Waals surface area (Å²) in [4.78, 5) is 2.58. The monoisotopic (exact) mass is 330 g/mol. The first-order valence-electron chi connectivity index (χ1n) is 7.26. The van der Waals surface area contributed by atoms with E-state index < -0.39 is 10.0 Å². The molecule has 1 aliphatic heterocycles. The number of alkyl halides is 1. The van der Waals surface area contributed by atoms with Crippen LogP contribution < -0.4 is 0 Å². The number of likely N-dealkylation sites (N-methyl/N-ethyl adjacent to an activating group) is 1. The van der Waals surface area contributed by atoms with E-state index in [1.54, 1.807) is 16.4 Å². The van der Waals surface area contributed by atoms with Crippen molar-refractivity contribution < 1.29 is 8.42 Å². The van der Waals surface area contributed by atoms with Gasteiger partial charge in [-0.2, -0.15) is 4.31 Å². The number of halogens is 1. The maximum absolute atomic E-state index is 12.8. The standard InChI is InChI=1S/C15H23ClN2O2S/c1-4-14-11-18(8-7-17(14)3)21(19,20)15-6-5-12(2)13(9-15)10-16/h5-6,9,14H,4,7-8,10-11H2,1-3H3. The molecule has 2 rings (SSSR count). The van der Waals surface area contributed by atoms with Gasteiger partial charge in [-0.05, 0) is 43.7 Å². The number of hydrogen-bond acceptors (Lipinski definition) is 3. The molecule has 1 aromatic rings. The van der Waals surface area contributed by atoms with Gasteiger partial charge in [0.15, 0.2) is 0 Å². The summed E-state index contributed by atoms with van der Waals surface area (Å²) in [5.41, 5.74) is 1.90. The average molecular weight is 331 g/mol. The first-order valence-corrected chi connectivity index (χ1v) is 9.23. The Kier molecular flexibility index (Phi) is 5.30. The molecule has 0 radical (unpaired) electrons. The van der Waals surface area contributed by atoms with E-state index in [0.717, 1.165) is 24.1 Å². The van der Waals surface area contributed by atoms with E-state index >= 15 is 0 Å². The van der Waals surface area contributed by atoms with Crippen molar-refractivity contribution in [2.75, 3.05) is 26.7 Å². The van der Waals surface area contributed by atoms with Gasteiger partial charge in [-0.15, -0.1) is 11.6 Å². The number of rotatable bonds is 4. The van der Waals surface area contributed by atoms with Crippen LogP contribution in [0, 0.1) is 6.92 Å². The second kappa shape index (κ2) is 6.65. The van der Waals surface area contributed by atoms with Crippen LogP contribution >= 0.6 is 11.6 Å². The van der Waals surface area contributed by atoms with Gasteiger partial charge in [0.05, 0.1) is 4.90 Å². The fourth-order valence-corrected chi connectivity index (χ4v) is 4.49. The molecule has 0 amide bonds. The predicted octanol–water partition coefficient (Wildman–Crippen LogP) is 2.45. The third-order valence-electron chi connectivity index (χ3n) is 4.31. The number of piperazine rings is 1. The van der Waals surface area contributed by atoms with Crippen LogP contribution in [0.15, 0.2) is 23.1 Å². The molecular formula is C15H23ClN2O2S. The van der Waals surface area contributed by atoms with Crippen LogP contribution in [-0.2, 0) is 15.9 Å². The fourth-order valence-electron chi connectivity index (χ4n) is 2.68. The molecule has 0 N–H and O–H groups in total. The summed E-state index contributed by atoms with van der Waals surface area (Å²) in [6.45, 7) is 5.90. The van der Waals surface area contributed by atoms with Crippen LogP contribution in [0.4, 0.5) is 0 Å². The highest BCUT2D eigenvalue weighted by Gasteiger charge is 2.32. The molecule has 1 unspecified atom stereocenters. The second-order valence-electron chi connectivity index (χ2n) is 5.63. The minimum atomic E-state index is -3.43. The minimum Gasteiger partial charge on any atom is -0.301 e. The van der Waals surface area contributed by atoms with Gasteiger partial charge in [-0.1, -0.05) is 13.0 Å². The third-order valence-corrected chi connectivity index (χ3v) is 6.46. The molecule has 4 nitrogen and oxygen atoms in total. The summed E-state index contributed by atoms with van der Waals surface area (Å²) in [5.74, 6) is 0.329. The second-order valence-corrected chi connectivity index (χ2v) is 7.83. The highest BCUT2D eigenvalue weighted by atomic mass is 35.5. The normalized spacial score (nSPS) is 21.6. The average Bonchev–Trinajstić information content (AvgIpc) is 2.47. The molecule has 118 valence electrons. The first kappa shape index (κ1) is 16.7. The van der Waals surface area contributed by atoms with Crippen molar-refractivity contribution in [2.24, 2.45) is 0 Å². The fraction of sp³-hybridized carbons (Fsp3) is 0.600. The summed E-state index contributed by atoms with van der Waals surface area (Å²) in [6, 6.07) is 5.50. The maximum atomic E-state index is 12.8. The summed E-state index contributed by atoms with van der Waals surface area (Å²) >= 11 is 5.89. The van der Waals surface area contributed by atoms with Crippen LogP contribution in [0.3, 0.4) is 0 Å². The van der Waals surface area contributed by atoms with Gasteiger partial charge in [0.2, 0.25) is 10.0 Å². The van der Waals surface area contributed by atoms with Crippen LogP contribution in [0.1, 0.15) is 24.5 Å². The topological polar surface area (TPSA) is 40.6 Å². The Morgan fingerprint density at radius 2 is 2.05 bits per heavy atom. The molecule has 0 aromatic heterocycles. The van der Waals surface area contributed by atoms with Gasteiger partial charge in [-0.3, -0.25) is 0 Å². The molecule has 0 spiro atoms. The molecule has 0 saturated carbocycles. The molecule has 6 heteroatoms. The van der Waals surface area contributed by atoms with E-state index in [1.807, 2.05) is 13.0 Å². The van der Waals surface area contributed by atoms with Crippen LogP contribution in [0.2, 0.25) is 0 Å². The Morgan fingerprint density at radius 3 is 2.67 bits per heavy atom. The zero-order chi connectivity index (χ0) is 15.6. The van der Waals surface area contributed by atoms with E-state index in [4.69, 9.17) is 11.6 Å². The Balaban J connectivity index is 2.30. The number of nitrogens with zero attached hydrogens (tertiary/aromatic N) is 2. The van der Waals surface area contributed by atoms with Crippen molar-refractivity contribution in [1.29, 1.82) is 0 Å². The number of hydrogen-bond donors (Lipinski definition) is 0. The minimum absolute atomic E-state index is 0.284. The molecule has 0 bridgehead atoms. The van der Waals surface area contributed by atoms with Gasteiger partial charge >= 0.3 is 0 Å². The van der Waals surface area contributed by atoms with Crippen LogP contribution in [0.25, 0.3) is 0 Å². The van der Waals surface area contributed by atoms with E-state index in [0.29, 0.717) is 23.9 Å². The highest BCUT2D eigenvalue weighted by molar-refractivity contribution is 7.89. The molecule has 21 heavy (non-hydrogen) atoms. The smallest absolute Gasteiger partial charge is 0.243 e. The van der Waals surface area contributed by atoms with Crippen molar-refractivity contribution in [1.82, 2.24) is 9.21 Å². The van der Waals surface area contributed by atoms with Gasteiger partial charge in [0.25, 0.3) is 0 Å². The number of benzene rings is 1. The number of aryl methyl sites for hydroxylation is 1. The molecule has 1 aromatic carbocycles. The van der Waals surface area contributed by atoms with Crippen molar-refractivity contribution >= 4 is 21.6 Å². The molecule has 1 heterocycles. The Hall–Kier alpha value is -0.620. The molecule has 1 saturated heterocycles. The highest BCUT2D eigenvalue weighted by Crippen LogP contribution is 2.23. The Morgan fingerprint density at radius 1 is 1.33 bits per heavy atom. The predicted molar refractivity (Wildman–Crippen MR) is 86.2 cm³/mol. The molecule has 0 aliphatic carbocycles. The van der Waals surface area contributed by atoms with Gasteiger partial charge in [-0.25, -0.2) is 8.42 Å². The summed E-state index contributed by atoms with van der Waals surface area (Å²) in [5, 5.41) is 0. The van der Waals surface area contributed by atoms with E-state index in [2.05, 4.69) is 18.9 Å². The van der Waals surface area contributed by atoms with Crippen LogP contribution in [-0.4, -0.2) is 50.3 Å². The summed E-state index contributed by atoms with van der Waals surface area (Å²) in [7, 11) is -1.38. The lowest BCUT2D eigenvalue weighted by molar-refractivity contribution is 0.144. The van der Waals surface area contributed by atoms with Crippen molar-refractivity contribution in [2.45, 2.75) is 37.1 Å². The molecule has 1 atom stereocenters. The summed E-state index contributed by atoms with van der Waals surface area (Å²) in [6.07, 6.45) is 0.948. The van der Waals surface area contributed by atoms with E-state index in [-0.39, 0.29) is 6.04 Å². The molecule has 1 fully saturated rings. The van der Waals surface area contributed by atoms with Crippen molar-refractivity contribution in [3.63, 3.8) is 0 Å². The lowest BCUT2D eigenvalue weighted by atomic mass is 10.1. The molecular weight excluding hydrogens is 308 g/mol. The van der Waals surface area contributed by atoms with Crippen molar-refractivity contribution in [3.8, 4) is 0 Å². The van der Waals surface area contributed by atoms with Gasteiger partial charge in [0.1, 0.15) is 0 Å². The lowest BCUT2D eigenvalue weighted by Crippen LogP contribution is -2.52. The van der Waals surface area contributed by atoms with E-state index in [1.165, 1.54) is 0 Å². The largest absolute Gasteiger partial charge is 0.301 e. The maximum Gasteiger partial charge on any atom is 0.243 e. The quantitative estimate of drug-likeness (QED) is 0.796. The summed E-state index contributed by atoms with van der Waals surface area (Å²) < 4.78 is 27.2. The van der Waals surface area contributed by atoms with Gasteiger partial charge < -0.3 is 4.90 Å². The van der Waals surface area contributed by atoms with Crippen LogP contribution in [0.5, 0.6) is 0 Å². The zero-order valence-corrected chi connectivity index (χ0v) is 14.4. The van der Waals surface area contributed by atoms with Gasteiger partial charge in [0, 0.05) is 31.6 Å². The SMILES string of the molecule is CCC1CN(S(=O)(=O)c2ccc(C)c(CCl)c2)CCN1C. The molecule has 1 aliphatic rings. The first-order chi connectivity index (χ1) is 9.90. The zero-order valence-electron chi connectivity index (χ0n) is 12.8. The third kappa shape index (κ3) is 3.42. The van der Waals surface area contributed by atoms with Crippen molar-refractivity contribution in [3.05, 3.63) is 29.3 Å².